The summed E-state index contributed by atoms with van der Waals surface area (Å²) < 4.78 is 5.43. The molecular formula is C36H28Cl2N6O5. The van der Waals surface area contributed by atoms with Crippen molar-refractivity contribution >= 4 is 69.6 Å². The van der Waals surface area contributed by atoms with E-state index in [1.165, 1.54) is 12.1 Å². The van der Waals surface area contributed by atoms with Crippen molar-refractivity contribution < 1.29 is 23.6 Å². The number of carbonyl (C=O) groups is 4. The third-order valence-electron chi connectivity index (χ3n) is 6.99. The first-order valence-corrected chi connectivity index (χ1v) is 15.4. The Labute approximate surface area is 291 Å². The van der Waals surface area contributed by atoms with E-state index in [0.717, 1.165) is 0 Å². The van der Waals surface area contributed by atoms with Gasteiger partial charge in [-0.2, -0.15) is 10.2 Å². The Morgan fingerprint density at radius 3 is 1.29 bits per heavy atom. The molecule has 11 nitrogen and oxygen atoms in total. The molecule has 5 rings (SSSR count). The Bertz CT molecular complexity index is 1940. The fraction of sp³-hybridized carbons (Fsp3) is 0.0556. The van der Waals surface area contributed by atoms with E-state index >= 15 is 0 Å². The summed E-state index contributed by atoms with van der Waals surface area (Å²) in [5.41, 5.74) is 8.99. The Balaban J connectivity index is 1.15. The van der Waals surface area contributed by atoms with E-state index in [0.29, 0.717) is 55.1 Å². The van der Waals surface area contributed by atoms with Crippen LogP contribution in [0.4, 0.5) is 11.4 Å². The molecule has 4 N–H and O–H groups in total. The van der Waals surface area contributed by atoms with Gasteiger partial charge in [-0.05, 0) is 110 Å². The molecule has 0 saturated heterocycles. The first-order valence-electron chi connectivity index (χ1n) is 14.7. The summed E-state index contributed by atoms with van der Waals surface area (Å²) in [5.74, 6) is -2.25. The Morgan fingerprint density at radius 2 is 0.898 bits per heavy atom. The van der Waals surface area contributed by atoms with Crippen LogP contribution in [0.2, 0.25) is 10.0 Å². The molecule has 0 atom stereocenters. The molecule has 13 heteroatoms. The summed E-state index contributed by atoms with van der Waals surface area (Å²) in [6, 6.07) is 29.6. The number of nitrogens with one attached hydrogen (secondary N) is 4. The number of carbonyl (C=O) groups excluding carboxylic acids is 4. The molecule has 0 aliphatic carbocycles. The van der Waals surface area contributed by atoms with Crippen molar-refractivity contribution in [3.8, 4) is 0 Å². The molecule has 4 amide bonds. The van der Waals surface area contributed by atoms with Crippen LogP contribution >= 0.6 is 23.2 Å². The predicted molar refractivity (Wildman–Crippen MR) is 190 cm³/mol. The second-order valence-electron chi connectivity index (χ2n) is 10.5. The van der Waals surface area contributed by atoms with Crippen LogP contribution in [0.5, 0.6) is 0 Å². The van der Waals surface area contributed by atoms with E-state index in [1.54, 1.807) is 111 Å². The van der Waals surface area contributed by atoms with Gasteiger partial charge in [0.25, 0.3) is 11.8 Å². The zero-order chi connectivity index (χ0) is 34.9. The van der Waals surface area contributed by atoms with Gasteiger partial charge < -0.3 is 15.1 Å². The van der Waals surface area contributed by atoms with Crippen LogP contribution in [0.3, 0.4) is 0 Å². The third-order valence-corrected chi connectivity index (χ3v) is 7.50. The SMILES string of the molecule is C/C(=N\NC(=O)c1ccc(C(=O)N/N=C(\C)c2cccc(NC(=O)c3ccc(Cl)cc3)c2)o1)c1cccc(NC(=O)c2ccc(Cl)cc2)c1. The van der Waals surface area contributed by atoms with E-state index in [2.05, 4.69) is 31.7 Å². The minimum Gasteiger partial charge on any atom is -0.446 e. The lowest BCUT2D eigenvalue weighted by molar-refractivity contribution is 0.0900. The first-order chi connectivity index (χ1) is 23.5. The maximum absolute atomic E-state index is 12.7. The number of hydrazone groups is 2. The second-order valence-corrected chi connectivity index (χ2v) is 11.4. The number of rotatable bonds is 10. The van der Waals surface area contributed by atoms with Crippen LogP contribution in [0, 0.1) is 0 Å². The zero-order valence-electron chi connectivity index (χ0n) is 26.1. The maximum atomic E-state index is 12.7. The van der Waals surface area contributed by atoms with Crippen LogP contribution in [0.25, 0.3) is 0 Å². The lowest BCUT2D eigenvalue weighted by Gasteiger charge is -2.08. The van der Waals surface area contributed by atoms with E-state index < -0.39 is 11.8 Å². The molecule has 5 aromatic rings. The van der Waals surface area contributed by atoms with Gasteiger partial charge in [-0.3, -0.25) is 19.2 Å². The normalized spacial score (nSPS) is 11.4. The molecule has 49 heavy (non-hydrogen) atoms. The molecule has 0 radical (unpaired) electrons. The van der Waals surface area contributed by atoms with E-state index in [9.17, 15) is 19.2 Å². The molecule has 0 fully saturated rings. The van der Waals surface area contributed by atoms with Crippen molar-refractivity contribution in [3.63, 3.8) is 0 Å². The number of halogens is 2. The average Bonchev–Trinajstić information content (AvgIpc) is 3.61. The summed E-state index contributed by atoms with van der Waals surface area (Å²) in [6.07, 6.45) is 0. The molecular weight excluding hydrogens is 667 g/mol. The Hall–Kier alpha value is -6.04. The van der Waals surface area contributed by atoms with Gasteiger partial charge in [0.2, 0.25) is 0 Å². The molecule has 0 bridgehead atoms. The molecule has 1 aromatic heterocycles. The fourth-order valence-corrected chi connectivity index (χ4v) is 4.60. The molecule has 4 aromatic carbocycles. The van der Waals surface area contributed by atoms with Crippen molar-refractivity contribution in [1.29, 1.82) is 0 Å². The van der Waals surface area contributed by atoms with Crippen LogP contribution in [-0.4, -0.2) is 35.1 Å². The standard InChI is InChI=1S/C36H28Cl2N6O5/c1-21(25-5-3-7-29(19-25)39-33(45)23-9-13-27(37)14-10-23)41-43-35(47)31-17-18-32(49-31)36(48)44-42-22(2)26-6-4-8-30(20-26)40-34(46)24-11-15-28(38)16-12-24/h3-20H,1-2H3,(H,39,45)(H,40,46)(H,43,47)(H,44,48)/b41-21+,42-22+. The highest BCUT2D eigenvalue weighted by molar-refractivity contribution is 6.31. The quantitative estimate of drug-likeness (QED) is 0.0886. The van der Waals surface area contributed by atoms with Gasteiger partial charge in [0.05, 0.1) is 11.4 Å². The van der Waals surface area contributed by atoms with Crippen molar-refractivity contribution in [2.45, 2.75) is 13.8 Å². The van der Waals surface area contributed by atoms with Crippen LogP contribution < -0.4 is 21.5 Å². The van der Waals surface area contributed by atoms with Gasteiger partial charge in [0, 0.05) is 32.5 Å². The minimum absolute atomic E-state index is 0.143. The predicted octanol–water partition coefficient (Wildman–Crippen LogP) is 7.40. The monoisotopic (exact) mass is 694 g/mol. The number of amides is 4. The van der Waals surface area contributed by atoms with Gasteiger partial charge >= 0.3 is 11.8 Å². The summed E-state index contributed by atoms with van der Waals surface area (Å²) in [6.45, 7) is 3.37. The Kier molecular flexibility index (Phi) is 11.0. The van der Waals surface area contributed by atoms with E-state index in [-0.39, 0.29) is 23.3 Å². The smallest absolute Gasteiger partial charge is 0.307 e. The fourth-order valence-electron chi connectivity index (χ4n) is 4.34. The molecule has 0 aliphatic heterocycles. The topological polar surface area (TPSA) is 154 Å². The van der Waals surface area contributed by atoms with Crippen molar-refractivity contribution in [1.82, 2.24) is 10.9 Å². The van der Waals surface area contributed by atoms with Crippen LogP contribution in [0.1, 0.15) is 66.8 Å². The Morgan fingerprint density at radius 1 is 0.510 bits per heavy atom. The minimum atomic E-state index is -0.678. The molecule has 0 unspecified atom stereocenters. The summed E-state index contributed by atoms with van der Waals surface area (Å²) in [5, 5.41) is 14.9. The van der Waals surface area contributed by atoms with E-state index in [4.69, 9.17) is 27.6 Å². The average molecular weight is 696 g/mol. The van der Waals surface area contributed by atoms with E-state index in [1.807, 2.05) is 0 Å². The number of nitrogens with zero attached hydrogens (tertiary/aromatic N) is 2. The maximum Gasteiger partial charge on any atom is 0.307 e. The van der Waals surface area contributed by atoms with Gasteiger partial charge in [-0.15, -0.1) is 0 Å². The lowest BCUT2D eigenvalue weighted by Crippen LogP contribution is -2.20. The number of furan rings is 1. The number of benzene rings is 4. The van der Waals surface area contributed by atoms with Crippen molar-refractivity contribution in [2.24, 2.45) is 10.2 Å². The number of anilines is 2. The van der Waals surface area contributed by atoms with Gasteiger partial charge in [-0.25, -0.2) is 10.9 Å². The van der Waals surface area contributed by atoms with Crippen LogP contribution in [0.15, 0.2) is 124 Å². The molecule has 0 saturated carbocycles. The van der Waals surface area contributed by atoms with Gasteiger partial charge in [0.1, 0.15) is 0 Å². The van der Waals surface area contributed by atoms with Crippen molar-refractivity contribution in [3.05, 3.63) is 153 Å². The highest BCUT2D eigenvalue weighted by Crippen LogP contribution is 2.17. The highest BCUT2D eigenvalue weighted by atomic mass is 35.5. The number of hydrogen-bond acceptors (Lipinski definition) is 7. The highest BCUT2D eigenvalue weighted by Gasteiger charge is 2.16. The van der Waals surface area contributed by atoms with Crippen molar-refractivity contribution in [2.75, 3.05) is 10.6 Å². The summed E-state index contributed by atoms with van der Waals surface area (Å²) in [7, 11) is 0. The summed E-state index contributed by atoms with van der Waals surface area (Å²) in [4.78, 5) is 50.5. The van der Waals surface area contributed by atoms with Crippen LogP contribution in [-0.2, 0) is 0 Å². The third kappa shape index (κ3) is 9.28. The van der Waals surface area contributed by atoms with Gasteiger partial charge in [0.15, 0.2) is 11.5 Å². The second kappa shape index (κ2) is 15.7. The first kappa shape index (κ1) is 34.3. The van der Waals surface area contributed by atoms with Gasteiger partial charge in [-0.1, -0.05) is 47.5 Å². The summed E-state index contributed by atoms with van der Waals surface area (Å²) >= 11 is 11.8. The molecule has 1 heterocycles. The largest absolute Gasteiger partial charge is 0.446 e. The zero-order valence-corrected chi connectivity index (χ0v) is 27.6. The molecule has 246 valence electrons. The lowest BCUT2D eigenvalue weighted by atomic mass is 10.1. The molecule has 0 aliphatic rings. The number of hydrogen-bond donors (Lipinski definition) is 4. The molecule has 0 spiro atoms.